The molecule has 2 aliphatic rings. The minimum absolute atomic E-state index is 0.105. The molecular weight excluding hydrogens is 904 g/mol. The summed E-state index contributed by atoms with van der Waals surface area (Å²) in [5.74, 6) is 0.316. The fraction of sp³-hybridized carbons (Fsp3) is 0.333. The molecule has 2 atom stereocenters. The highest BCUT2D eigenvalue weighted by Crippen LogP contribution is 2.52. The second-order valence-electron chi connectivity index (χ2n) is 17.9. The maximum absolute atomic E-state index is 14.5. The molecule has 1 aliphatic heterocycles. The zero-order valence-electron chi connectivity index (χ0n) is 37.7. The van der Waals surface area contributed by atoms with Crippen molar-refractivity contribution >= 4 is 76.3 Å². The Balaban J connectivity index is 1.34. The number of anilines is 2. The maximum Gasteiger partial charge on any atom is 0.516 e. The Labute approximate surface area is 390 Å². The summed E-state index contributed by atoms with van der Waals surface area (Å²) in [6.45, 7) is 9.46. The quantitative estimate of drug-likeness (QED) is 0.0585. The molecule has 5 aromatic carbocycles. The van der Waals surface area contributed by atoms with Crippen LogP contribution in [0.15, 0.2) is 133 Å². The number of allylic oxidation sites excluding steroid dienone is 7. The number of hydrogen-bond donors (Lipinski definition) is 3. The van der Waals surface area contributed by atoms with Crippen LogP contribution in [0.4, 0.5) is 24.5 Å². The van der Waals surface area contributed by atoms with E-state index in [1.807, 2.05) is 60.7 Å². The number of unbranched alkanes of at least 4 members (excludes halogenated alkanes) is 2. The summed E-state index contributed by atoms with van der Waals surface area (Å²) in [4.78, 5) is 2.16. The number of fused-ring (bicyclic) bond motifs is 5. The molecule has 1 heterocycles. The summed E-state index contributed by atoms with van der Waals surface area (Å²) in [7, 11) is -4.91. The SMILES string of the molecule is CN(C1=C(/C=C/CC(C)(C)c2c(NCCCCS(=O)O)ccc3ccccc23)c2ccccc2/C1=C\C=C1\N(CCCCS(=O)O)c2ccc3ccccc3c2C1(C)C)S(=O)(=O)C(F)(F)F. The van der Waals surface area contributed by atoms with Crippen LogP contribution in [0, 0.1) is 0 Å². The van der Waals surface area contributed by atoms with Gasteiger partial charge in [-0.05, 0) is 99.5 Å². The second-order valence-corrected chi connectivity index (χ2v) is 22.0. The van der Waals surface area contributed by atoms with Gasteiger partial charge in [-0.2, -0.15) is 21.6 Å². The Hall–Kier alpha value is -5.06. The first-order chi connectivity index (χ1) is 31.3. The van der Waals surface area contributed by atoms with Crippen LogP contribution in [0.3, 0.4) is 0 Å². The Kier molecular flexibility index (Phi) is 14.5. The van der Waals surface area contributed by atoms with Gasteiger partial charge in [0.25, 0.3) is 0 Å². The van der Waals surface area contributed by atoms with E-state index in [1.165, 1.54) is 0 Å². The monoisotopic (exact) mass is 959 g/mol. The first kappa shape index (κ1) is 48.9. The number of nitrogens with zero attached hydrogens (tertiary/aromatic N) is 2. The van der Waals surface area contributed by atoms with Crippen molar-refractivity contribution in [1.29, 1.82) is 0 Å². The molecule has 0 spiro atoms. The molecule has 0 saturated carbocycles. The van der Waals surface area contributed by atoms with Gasteiger partial charge in [-0.15, -0.1) is 0 Å². The van der Waals surface area contributed by atoms with Crippen LogP contribution in [-0.4, -0.2) is 67.4 Å². The van der Waals surface area contributed by atoms with Gasteiger partial charge in [0, 0.05) is 65.3 Å². The van der Waals surface area contributed by atoms with Crippen molar-refractivity contribution in [3.63, 3.8) is 0 Å². The smallest absolute Gasteiger partial charge is 0.385 e. The van der Waals surface area contributed by atoms with Crippen molar-refractivity contribution < 1.29 is 39.1 Å². The number of halogens is 3. The molecule has 0 radical (unpaired) electrons. The summed E-state index contributed by atoms with van der Waals surface area (Å²) in [6.07, 6.45) is 10.0. The van der Waals surface area contributed by atoms with Crippen LogP contribution in [0.2, 0.25) is 0 Å². The highest BCUT2D eigenvalue weighted by molar-refractivity contribution is 7.90. The van der Waals surface area contributed by atoms with Crippen molar-refractivity contribution in [3.8, 4) is 0 Å². The molecule has 2 unspecified atom stereocenters. The van der Waals surface area contributed by atoms with E-state index in [4.69, 9.17) is 0 Å². The van der Waals surface area contributed by atoms with E-state index >= 15 is 0 Å². The number of likely N-dealkylation sites (N-methyl/N-ethyl adjacent to an activating group) is 1. The molecule has 350 valence electrons. The number of nitrogens with one attached hydrogen (secondary N) is 1. The number of hydrogen-bond acceptors (Lipinski definition) is 6. The molecule has 0 fully saturated rings. The lowest BCUT2D eigenvalue weighted by Gasteiger charge is -2.29. The van der Waals surface area contributed by atoms with Gasteiger partial charge in [0.1, 0.15) is 0 Å². The molecule has 3 N–H and O–H groups in total. The van der Waals surface area contributed by atoms with E-state index in [2.05, 4.69) is 62.2 Å². The van der Waals surface area contributed by atoms with E-state index in [1.54, 1.807) is 36.4 Å². The standard InChI is InChI=1S/C51H56F3N3O6S3/c1-49(2,46-37-19-8-6-17-35(37)24-27-43(46)55-31-12-14-33-64(58)59)30-16-23-41-39-21-10-11-22-40(39)42(48(41)56(5)66(62,63)51(52,53)54)26-29-45-50(3,4)47-38-20-9-7-18-36(38)25-28-44(47)57(45)32-13-15-34-65(60)61/h6-11,16-29,55H,12-15,30-34H2,1-5H3,(H,58,59)(H,60,61)/b23-16+,42-26+,45-29+. The number of rotatable bonds is 18. The highest BCUT2D eigenvalue weighted by Gasteiger charge is 2.51. The topological polar surface area (TPSA) is 127 Å². The Bertz CT molecular complexity index is 2940. The second kappa shape index (κ2) is 19.7. The van der Waals surface area contributed by atoms with E-state index < -0.39 is 48.5 Å². The zero-order chi connectivity index (χ0) is 47.6. The van der Waals surface area contributed by atoms with Crippen molar-refractivity contribution in [2.75, 3.05) is 41.9 Å². The summed E-state index contributed by atoms with van der Waals surface area (Å²) < 4.78 is 112. The van der Waals surface area contributed by atoms with Crippen LogP contribution >= 0.6 is 0 Å². The van der Waals surface area contributed by atoms with E-state index in [9.17, 15) is 39.1 Å². The summed E-state index contributed by atoms with van der Waals surface area (Å²) in [5, 5.41) is 7.70. The van der Waals surface area contributed by atoms with Crippen molar-refractivity contribution in [3.05, 3.63) is 155 Å². The lowest BCUT2D eigenvalue weighted by atomic mass is 9.77. The molecule has 9 nitrogen and oxygen atoms in total. The molecular formula is C51H56F3N3O6S3. The van der Waals surface area contributed by atoms with Gasteiger partial charge in [0.15, 0.2) is 22.2 Å². The van der Waals surface area contributed by atoms with Gasteiger partial charge in [-0.1, -0.05) is 131 Å². The maximum atomic E-state index is 14.5. The summed E-state index contributed by atoms with van der Waals surface area (Å²) >= 11 is -3.80. The summed E-state index contributed by atoms with van der Waals surface area (Å²) in [6, 6.07) is 31.4. The molecule has 0 aromatic heterocycles. The van der Waals surface area contributed by atoms with Crippen LogP contribution in [-0.2, 0) is 43.0 Å². The molecule has 1 aliphatic carbocycles. The molecule has 0 bridgehead atoms. The minimum Gasteiger partial charge on any atom is -0.385 e. The molecule has 0 saturated heterocycles. The molecule has 66 heavy (non-hydrogen) atoms. The fourth-order valence-electron chi connectivity index (χ4n) is 9.53. The Morgan fingerprint density at radius 2 is 1.36 bits per heavy atom. The molecule has 15 heteroatoms. The minimum atomic E-state index is -5.86. The zero-order valence-corrected chi connectivity index (χ0v) is 40.1. The number of sulfonamides is 1. The van der Waals surface area contributed by atoms with Crippen LogP contribution in [0.1, 0.15) is 82.1 Å². The van der Waals surface area contributed by atoms with Crippen molar-refractivity contribution in [2.24, 2.45) is 0 Å². The average Bonchev–Trinajstić information content (AvgIpc) is 3.69. The highest BCUT2D eigenvalue weighted by atomic mass is 32.2. The predicted octanol–water partition coefficient (Wildman–Crippen LogP) is 11.9. The van der Waals surface area contributed by atoms with Gasteiger partial charge < -0.3 is 19.3 Å². The number of benzene rings is 5. The molecule has 0 amide bonds. The van der Waals surface area contributed by atoms with Crippen molar-refractivity contribution in [1.82, 2.24) is 4.31 Å². The van der Waals surface area contributed by atoms with Gasteiger partial charge in [-0.3, -0.25) is 4.31 Å². The van der Waals surface area contributed by atoms with Crippen LogP contribution in [0.25, 0.3) is 32.7 Å². The third-order valence-corrected chi connectivity index (χ3v) is 15.4. The predicted molar refractivity (Wildman–Crippen MR) is 265 cm³/mol. The van der Waals surface area contributed by atoms with E-state index in [0.717, 1.165) is 56.8 Å². The van der Waals surface area contributed by atoms with E-state index in [-0.39, 0.29) is 17.2 Å². The normalized spacial score (nSPS) is 17.3. The van der Waals surface area contributed by atoms with E-state index in [0.29, 0.717) is 71.8 Å². The van der Waals surface area contributed by atoms with Gasteiger partial charge in [0.2, 0.25) is 0 Å². The largest absolute Gasteiger partial charge is 0.516 e. The van der Waals surface area contributed by atoms with Crippen LogP contribution in [0.5, 0.6) is 0 Å². The summed E-state index contributed by atoms with van der Waals surface area (Å²) in [5.41, 5.74) is -0.223. The first-order valence-corrected chi connectivity index (χ1v) is 25.9. The lowest BCUT2D eigenvalue weighted by Crippen LogP contribution is -2.37. The number of alkyl halides is 3. The third-order valence-electron chi connectivity index (χ3n) is 12.7. The van der Waals surface area contributed by atoms with Gasteiger partial charge >= 0.3 is 15.5 Å². The van der Waals surface area contributed by atoms with Crippen molar-refractivity contribution in [2.45, 2.75) is 76.1 Å². The molecule has 5 aromatic rings. The van der Waals surface area contributed by atoms with Crippen LogP contribution < -0.4 is 10.2 Å². The molecule has 7 rings (SSSR count). The fourth-order valence-corrected chi connectivity index (χ4v) is 11.2. The first-order valence-electron chi connectivity index (χ1n) is 21.9. The Morgan fingerprint density at radius 1 is 0.773 bits per heavy atom. The third kappa shape index (κ3) is 9.82. The Morgan fingerprint density at radius 3 is 2.03 bits per heavy atom. The average molecular weight is 960 g/mol. The van der Waals surface area contributed by atoms with Gasteiger partial charge in [-0.25, -0.2) is 8.42 Å². The lowest BCUT2D eigenvalue weighted by molar-refractivity contribution is -0.0473. The van der Waals surface area contributed by atoms with Gasteiger partial charge in [0.05, 0.1) is 5.70 Å².